The molecule has 256 valence electrons. The van der Waals surface area contributed by atoms with Gasteiger partial charge >= 0.3 is 12.1 Å². The van der Waals surface area contributed by atoms with E-state index in [0.29, 0.717) is 37.9 Å². The summed E-state index contributed by atoms with van der Waals surface area (Å²) in [6.45, 7) is 4.96. The van der Waals surface area contributed by atoms with Gasteiger partial charge in [-0.15, -0.1) is 0 Å². The second-order valence-corrected chi connectivity index (χ2v) is 14.6. The van der Waals surface area contributed by atoms with Crippen molar-refractivity contribution < 1.29 is 36.6 Å². The lowest BCUT2D eigenvalue weighted by atomic mass is 9.53. The highest BCUT2D eigenvalue weighted by molar-refractivity contribution is 5.95. The third-order valence-electron chi connectivity index (χ3n) is 12.3. The van der Waals surface area contributed by atoms with Crippen molar-refractivity contribution in [2.45, 2.75) is 82.0 Å². The monoisotopic (exact) mass is 668 g/mol. The predicted molar refractivity (Wildman–Crippen MR) is 170 cm³/mol. The first kappa shape index (κ1) is 33.1. The van der Waals surface area contributed by atoms with E-state index in [4.69, 9.17) is 0 Å². The van der Waals surface area contributed by atoms with Crippen LogP contribution in [0.4, 0.5) is 22.0 Å². The van der Waals surface area contributed by atoms with Crippen molar-refractivity contribution in [3.63, 3.8) is 0 Å². The number of allylic oxidation sites excluding steroid dienone is 4. The van der Waals surface area contributed by atoms with Gasteiger partial charge in [0.05, 0.1) is 0 Å². The lowest BCUT2D eigenvalue weighted by molar-refractivity contribution is -0.362. The van der Waals surface area contributed by atoms with Crippen molar-refractivity contribution in [3.8, 4) is 0 Å². The zero-order valence-electron chi connectivity index (χ0n) is 27.0. The Labute approximate surface area is 277 Å². The molecule has 2 unspecified atom stereocenters. The Hall–Kier alpha value is -3.37. The number of carbonyl (C=O) groups is 2. The molecule has 7 rings (SSSR count). The van der Waals surface area contributed by atoms with Gasteiger partial charge in [-0.2, -0.15) is 22.0 Å². The van der Waals surface area contributed by atoms with Gasteiger partial charge in [0, 0.05) is 56.0 Å². The fourth-order valence-corrected chi connectivity index (χ4v) is 9.67. The van der Waals surface area contributed by atoms with Crippen molar-refractivity contribution in [1.82, 2.24) is 9.80 Å². The van der Waals surface area contributed by atoms with Crippen LogP contribution < -0.4 is 0 Å². The van der Waals surface area contributed by atoms with Crippen molar-refractivity contribution >= 4 is 11.7 Å². The molecular formula is C38H41F5N2O3. The van der Waals surface area contributed by atoms with Gasteiger partial charge < -0.3 is 10.0 Å². The maximum atomic E-state index is 14.9. The molecule has 10 heteroatoms. The zero-order valence-corrected chi connectivity index (χ0v) is 27.0. The normalized spacial score (nSPS) is 31.2. The summed E-state index contributed by atoms with van der Waals surface area (Å²) in [6.07, 6.45) is -2.86. The second-order valence-electron chi connectivity index (χ2n) is 14.6. The van der Waals surface area contributed by atoms with E-state index in [2.05, 4.69) is 17.0 Å². The molecule has 4 aliphatic carbocycles. The number of hydrogen-bond acceptors (Lipinski definition) is 4. The van der Waals surface area contributed by atoms with Crippen LogP contribution in [0.5, 0.6) is 0 Å². The Bertz CT molecular complexity index is 1640. The van der Waals surface area contributed by atoms with Gasteiger partial charge in [-0.1, -0.05) is 55.0 Å². The summed E-state index contributed by atoms with van der Waals surface area (Å²) in [5, 5.41) is 11.2. The smallest absolute Gasteiger partial charge is 0.383 e. The number of piperazine rings is 1. The summed E-state index contributed by atoms with van der Waals surface area (Å²) in [5.74, 6) is -6.05. The Kier molecular flexibility index (Phi) is 8.22. The minimum absolute atomic E-state index is 0.0329. The highest BCUT2D eigenvalue weighted by Gasteiger charge is 2.78. The number of carbonyl (C=O) groups excluding carboxylic acids is 2. The average Bonchev–Trinajstić information content (AvgIpc) is 3.36. The van der Waals surface area contributed by atoms with Gasteiger partial charge in [-0.3, -0.25) is 14.5 Å². The van der Waals surface area contributed by atoms with Crippen LogP contribution in [0, 0.1) is 17.3 Å². The number of halogens is 5. The van der Waals surface area contributed by atoms with Crippen molar-refractivity contribution in [2.24, 2.45) is 17.3 Å². The molecular weight excluding hydrogens is 627 g/mol. The van der Waals surface area contributed by atoms with E-state index in [1.807, 2.05) is 47.4 Å². The molecule has 5 nitrogen and oxygen atoms in total. The summed E-state index contributed by atoms with van der Waals surface area (Å²) in [7, 11) is 0. The van der Waals surface area contributed by atoms with Crippen LogP contribution in [-0.4, -0.2) is 70.5 Å². The standard InChI is InChI=1S/C38H41F5N2O3/c1-35-15-13-30-29(32(35)14-16-36(35,48)37(39,40)38(41,42)43)12-11-27-21-28(46)22-31(33(27)30)25-9-7-24(8-10-25)23-44-17-19-45(20-18-44)34(47)26-5-3-2-4-6-26/h2-10,21,29,31-32,48H,11-20,22-23H2,1H3/t29-,31?,32+,35+,36?/m1/s1. The number of nitrogens with zero attached hydrogens (tertiary/aromatic N) is 2. The van der Waals surface area contributed by atoms with Gasteiger partial charge in [0.15, 0.2) is 5.78 Å². The van der Waals surface area contributed by atoms with E-state index < -0.39 is 35.5 Å². The van der Waals surface area contributed by atoms with E-state index >= 15 is 0 Å². The molecule has 48 heavy (non-hydrogen) atoms. The molecule has 2 saturated carbocycles. The quantitative estimate of drug-likeness (QED) is 0.336. The molecule has 5 atom stereocenters. The van der Waals surface area contributed by atoms with Gasteiger partial charge in [0.25, 0.3) is 5.91 Å². The SMILES string of the molecule is C[C@]12CCC3=C4C(=CC(=O)CC4c4ccc(CN5CCN(C(=O)c6ccccc6)CC5)cc4)CC[C@H]3[C@@H]1CCC2(O)C(F)(F)C(F)(F)F. The maximum Gasteiger partial charge on any atom is 0.456 e. The number of fused-ring (bicyclic) bond motifs is 4. The molecule has 0 spiro atoms. The van der Waals surface area contributed by atoms with Crippen LogP contribution in [0.15, 0.2) is 77.4 Å². The number of rotatable bonds is 5. The molecule has 3 fully saturated rings. The van der Waals surface area contributed by atoms with Crippen LogP contribution in [0.1, 0.15) is 79.3 Å². The minimum atomic E-state index is -5.84. The van der Waals surface area contributed by atoms with Gasteiger partial charge in [0.1, 0.15) is 5.60 Å². The highest BCUT2D eigenvalue weighted by Crippen LogP contribution is 2.68. The predicted octanol–water partition coefficient (Wildman–Crippen LogP) is 7.47. The van der Waals surface area contributed by atoms with Gasteiger partial charge in [0.2, 0.25) is 0 Å². The number of amides is 1. The lowest BCUT2D eigenvalue weighted by Crippen LogP contribution is -2.64. The van der Waals surface area contributed by atoms with E-state index in [1.54, 1.807) is 6.08 Å². The topological polar surface area (TPSA) is 60.9 Å². The van der Waals surface area contributed by atoms with Crippen LogP contribution in [-0.2, 0) is 11.3 Å². The van der Waals surface area contributed by atoms with E-state index in [-0.39, 0.29) is 42.8 Å². The third kappa shape index (κ3) is 5.25. The first-order valence-electron chi connectivity index (χ1n) is 17.0. The molecule has 5 aliphatic rings. The first-order chi connectivity index (χ1) is 22.7. The number of aliphatic hydroxyl groups is 1. The molecule has 1 N–H and O–H groups in total. The van der Waals surface area contributed by atoms with Crippen LogP contribution >= 0.6 is 0 Å². The molecule has 1 amide bonds. The molecule has 2 aromatic carbocycles. The van der Waals surface area contributed by atoms with E-state index in [1.165, 1.54) is 6.92 Å². The molecule has 1 aliphatic heterocycles. The summed E-state index contributed by atoms with van der Waals surface area (Å²) >= 11 is 0. The van der Waals surface area contributed by atoms with Gasteiger partial charge in [-0.25, -0.2) is 0 Å². The van der Waals surface area contributed by atoms with E-state index in [0.717, 1.165) is 47.5 Å². The fourth-order valence-electron chi connectivity index (χ4n) is 9.67. The Balaban J connectivity index is 1.08. The zero-order chi connectivity index (χ0) is 34.1. The second kappa shape index (κ2) is 11.9. The summed E-state index contributed by atoms with van der Waals surface area (Å²) in [4.78, 5) is 30.0. The highest BCUT2D eigenvalue weighted by atomic mass is 19.4. The molecule has 0 aromatic heterocycles. The van der Waals surface area contributed by atoms with Crippen molar-refractivity contribution in [1.29, 1.82) is 0 Å². The minimum Gasteiger partial charge on any atom is -0.383 e. The van der Waals surface area contributed by atoms with Crippen molar-refractivity contribution in [2.75, 3.05) is 26.2 Å². The summed E-state index contributed by atoms with van der Waals surface area (Å²) in [6, 6.07) is 17.5. The maximum absolute atomic E-state index is 14.9. The third-order valence-corrected chi connectivity index (χ3v) is 12.3. The molecule has 2 aromatic rings. The molecule has 0 bridgehead atoms. The Morgan fingerprint density at radius 3 is 2.27 bits per heavy atom. The fraction of sp³-hybridized carbons (Fsp3) is 0.526. The first-order valence-corrected chi connectivity index (χ1v) is 17.0. The molecule has 1 heterocycles. The number of benzene rings is 2. The van der Waals surface area contributed by atoms with Crippen molar-refractivity contribution in [3.05, 3.63) is 94.1 Å². The number of ketones is 1. The van der Waals surface area contributed by atoms with Crippen LogP contribution in [0.3, 0.4) is 0 Å². The lowest BCUT2D eigenvalue weighted by Gasteiger charge is -2.53. The Morgan fingerprint density at radius 1 is 0.917 bits per heavy atom. The number of hydrogen-bond donors (Lipinski definition) is 1. The van der Waals surface area contributed by atoms with Crippen LogP contribution in [0.25, 0.3) is 0 Å². The summed E-state index contributed by atoms with van der Waals surface area (Å²) in [5.41, 5.74) is 1.13. The van der Waals surface area contributed by atoms with E-state index in [9.17, 15) is 36.6 Å². The molecule has 1 saturated heterocycles. The Morgan fingerprint density at radius 2 is 1.60 bits per heavy atom. The van der Waals surface area contributed by atoms with Gasteiger partial charge in [-0.05, 0) is 90.8 Å². The average molecular weight is 669 g/mol. The summed E-state index contributed by atoms with van der Waals surface area (Å²) < 4.78 is 70.5. The molecule has 0 radical (unpaired) electrons. The largest absolute Gasteiger partial charge is 0.456 e. The van der Waals surface area contributed by atoms with Crippen LogP contribution in [0.2, 0.25) is 0 Å². The number of alkyl halides is 5.